The van der Waals surface area contributed by atoms with E-state index in [-0.39, 0.29) is 52.6 Å². The molecular weight excluding hydrogens is 709 g/mol. The van der Waals surface area contributed by atoms with Crippen LogP contribution in [0, 0.1) is 5.21 Å². The molecule has 12 nitrogen and oxygen atoms in total. The molecule has 3 atom stereocenters. The molecule has 44 heavy (non-hydrogen) atoms. The van der Waals surface area contributed by atoms with Gasteiger partial charge in [0.25, 0.3) is 0 Å². The van der Waals surface area contributed by atoms with E-state index in [1.54, 1.807) is 6.08 Å². The van der Waals surface area contributed by atoms with Crippen LogP contribution in [0.1, 0.15) is 57.8 Å². The van der Waals surface area contributed by atoms with Gasteiger partial charge in [-0.2, -0.15) is 26.3 Å². The van der Waals surface area contributed by atoms with Crippen molar-refractivity contribution in [2.24, 2.45) is 0 Å². The Labute approximate surface area is 272 Å². The fraction of sp³-hybridized carbons (Fsp3) is 0.750. The van der Waals surface area contributed by atoms with Crippen molar-refractivity contribution in [2.75, 3.05) is 26.2 Å². The van der Waals surface area contributed by atoms with Gasteiger partial charge in [-0.05, 0) is 12.5 Å². The van der Waals surface area contributed by atoms with Gasteiger partial charge in [0.1, 0.15) is 0 Å². The number of alkyl halides is 6. The van der Waals surface area contributed by atoms with Crippen LogP contribution in [0.2, 0.25) is 0 Å². The van der Waals surface area contributed by atoms with Crippen molar-refractivity contribution in [3.05, 3.63) is 45.2 Å². The van der Waals surface area contributed by atoms with E-state index < -0.39 is 24.3 Å². The maximum atomic E-state index is 11.4. The second kappa shape index (κ2) is 22.8. The number of piperidine rings is 3. The fourth-order valence-corrected chi connectivity index (χ4v) is 3.83. The molecule has 4 N–H and O–H groups in total. The molecule has 3 saturated heterocycles. The van der Waals surface area contributed by atoms with Gasteiger partial charge in [0.15, 0.2) is 0 Å². The maximum absolute atomic E-state index is 11.4. The van der Waals surface area contributed by atoms with Crippen LogP contribution in [0.15, 0.2) is 24.0 Å². The van der Waals surface area contributed by atoms with Crippen LogP contribution in [-0.2, 0) is 43.7 Å². The summed E-state index contributed by atoms with van der Waals surface area (Å²) in [5.74, 6) is -4.87. The Morgan fingerprint density at radius 1 is 0.886 bits per heavy atom. The molecule has 3 unspecified atom stereocenters. The summed E-state index contributed by atoms with van der Waals surface area (Å²) in [6, 6.07) is 0. The number of allylic oxidation sites excluding steroid dienone is 2. The third-order valence-electron chi connectivity index (χ3n) is 5.96. The van der Waals surface area contributed by atoms with E-state index in [9.17, 15) is 36.8 Å². The Bertz CT molecular complexity index is 852. The molecule has 0 amide bonds. The minimum absolute atomic E-state index is 0. The van der Waals surface area contributed by atoms with E-state index >= 15 is 0 Å². The molecule has 4 rings (SSSR count). The molecule has 0 aromatic carbocycles. The quantitative estimate of drug-likeness (QED) is 0.217. The Morgan fingerprint density at radius 3 is 1.84 bits per heavy atom. The van der Waals surface area contributed by atoms with Gasteiger partial charge in [0.05, 0.1) is 5.82 Å². The van der Waals surface area contributed by atoms with Crippen LogP contribution in [0.5, 0.6) is 0 Å². The van der Waals surface area contributed by atoms with Crippen molar-refractivity contribution in [2.45, 2.75) is 88.6 Å². The number of nitrogens with one attached hydrogen (secondary N) is 1. The molecule has 2 radical (unpaired) electrons. The van der Waals surface area contributed by atoms with Crippen molar-refractivity contribution in [1.82, 2.24) is 15.4 Å². The van der Waals surface area contributed by atoms with Crippen LogP contribution in [0.25, 0.3) is 16.0 Å². The van der Waals surface area contributed by atoms with Gasteiger partial charge in [-0.1, -0.05) is 75.9 Å². The number of rotatable bonds is 4. The molecule has 3 fully saturated rings. The Morgan fingerprint density at radius 2 is 1.41 bits per heavy atom. The van der Waals surface area contributed by atoms with Crippen LogP contribution in [0.4, 0.5) is 26.3 Å². The monoisotopic (exact) mass is 744 g/mol. The van der Waals surface area contributed by atoms with E-state index in [1.165, 1.54) is 37.2 Å². The SMILES string of the molecule is O=C(O)C(F)(F)F.O=C(O)C(F)(F)F.ON1CCCCC1[N-]C1CCCC[N-]1.[Cu+2].[Cu+2].[O-]N1CC=CC=C1NC1CCCC[N-]1. The van der Waals surface area contributed by atoms with Gasteiger partial charge in [-0.25, -0.2) is 20.8 Å². The number of hydrogen-bond acceptors (Lipinski definition) is 7. The van der Waals surface area contributed by atoms with Crippen molar-refractivity contribution in [1.29, 1.82) is 0 Å². The molecule has 20 heteroatoms. The summed E-state index contributed by atoms with van der Waals surface area (Å²) in [5, 5.41) is 54.2. The molecule has 0 aliphatic carbocycles. The first-order valence-electron chi connectivity index (χ1n) is 13.3. The minimum atomic E-state index is -5.08. The standard InChI is InChI=1S/C10H19N3O.C10H15N3O.2C2HF3O2.2Cu/c2*14-13-8-4-2-6-10(13)12-9-5-1-3-7-11-9;2*3-2(4,5)1(6)7;;/h9-10,14H,1-8H2;2,4,6,9,12H,1,3,5,7-8H2;2*(H,6,7);;/q2*-2;;;2*+2. The van der Waals surface area contributed by atoms with Gasteiger partial charge < -0.3 is 47.0 Å². The summed E-state index contributed by atoms with van der Waals surface area (Å²) in [4.78, 5) is 17.8. The first-order valence-corrected chi connectivity index (χ1v) is 13.3. The number of nitrogens with zero attached hydrogens (tertiary/aromatic N) is 5. The predicted molar refractivity (Wildman–Crippen MR) is 139 cm³/mol. The summed E-state index contributed by atoms with van der Waals surface area (Å²) in [7, 11) is 0. The van der Waals surface area contributed by atoms with Gasteiger partial charge in [-0.15, -0.1) is 13.1 Å². The Hall–Kier alpha value is -1.60. The summed E-state index contributed by atoms with van der Waals surface area (Å²) < 4.78 is 63.5. The number of aliphatic carboxylic acids is 2. The molecule has 0 aromatic rings. The number of hydroxylamine groups is 4. The number of carboxylic acid groups (broad SMARTS) is 2. The van der Waals surface area contributed by atoms with E-state index in [2.05, 4.69) is 21.3 Å². The molecule has 4 aliphatic rings. The van der Waals surface area contributed by atoms with Crippen molar-refractivity contribution in [3.8, 4) is 0 Å². The largest absolute Gasteiger partial charge is 2.00 e. The maximum Gasteiger partial charge on any atom is 2.00 e. The Kier molecular flexibility index (Phi) is 23.1. The normalized spacial score (nSPS) is 23.7. The summed E-state index contributed by atoms with van der Waals surface area (Å²) in [6.45, 7) is 3.07. The van der Waals surface area contributed by atoms with Gasteiger partial charge in [-0.3, -0.25) is 0 Å². The molecule has 0 saturated carbocycles. The first-order chi connectivity index (χ1) is 19.6. The zero-order valence-electron chi connectivity index (χ0n) is 23.3. The van der Waals surface area contributed by atoms with Crippen LogP contribution < -0.4 is 5.32 Å². The zero-order valence-corrected chi connectivity index (χ0v) is 25.2. The number of carboxylic acids is 2. The van der Waals surface area contributed by atoms with Crippen molar-refractivity contribution < 1.29 is 85.5 Å². The molecular formula is C24H36Cu2F6N6O6. The molecule has 0 spiro atoms. The number of carbonyl (C=O) groups is 2. The summed E-state index contributed by atoms with van der Waals surface area (Å²) in [5.41, 5.74) is 0. The summed E-state index contributed by atoms with van der Waals surface area (Å²) in [6.07, 6.45) is 5.87. The molecule has 262 valence electrons. The van der Waals surface area contributed by atoms with E-state index in [0.717, 1.165) is 50.4 Å². The number of hydrogen-bond donors (Lipinski definition) is 4. The summed E-state index contributed by atoms with van der Waals surface area (Å²) >= 11 is 0. The van der Waals surface area contributed by atoms with Gasteiger partial charge >= 0.3 is 58.4 Å². The van der Waals surface area contributed by atoms with Crippen LogP contribution >= 0.6 is 0 Å². The molecule has 0 aromatic heterocycles. The van der Waals surface area contributed by atoms with Crippen LogP contribution in [0.3, 0.4) is 0 Å². The van der Waals surface area contributed by atoms with Crippen LogP contribution in [-0.4, -0.2) is 94.5 Å². The third kappa shape index (κ3) is 19.7. The average molecular weight is 746 g/mol. The molecule has 0 bridgehead atoms. The average Bonchev–Trinajstić information content (AvgIpc) is 2.93. The molecule has 4 aliphatic heterocycles. The molecule has 4 heterocycles. The van der Waals surface area contributed by atoms with Gasteiger partial charge in [0.2, 0.25) is 0 Å². The van der Waals surface area contributed by atoms with Crippen molar-refractivity contribution >= 4 is 11.9 Å². The Balaban J connectivity index is 0. The minimum Gasteiger partial charge on any atom is -0.757 e. The first kappa shape index (κ1) is 44.5. The zero-order chi connectivity index (χ0) is 31.8. The second-order valence-electron chi connectivity index (χ2n) is 9.38. The van der Waals surface area contributed by atoms with E-state index in [0.29, 0.717) is 12.4 Å². The smallest absolute Gasteiger partial charge is 0.757 e. The third-order valence-corrected chi connectivity index (χ3v) is 5.96. The van der Waals surface area contributed by atoms with E-state index in [4.69, 9.17) is 19.8 Å². The fourth-order valence-electron chi connectivity index (χ4n) is 3.83. The second-order valence-corrected chi connectivity index (χ2v) is 9.38. The van der Waals surface area contributed by atoms with Gasteiger partial charge in [0, 0.05) is 13.1 Å². The predicted octanol–water partition coefficient (Wildman–Crippen LogP) is 5.38. The van der Waals surface area contributed by atoms with Crippen molar-refractivity contribution in [3.63, 3.8) is 0 Å². The van der Waals surface area contributed by atoms with E-state index in [1.807, 2.05) is 12.2 Å². The topological polar surface area (TPSA) is 179 Å². The number of halogens is 6.